The van der Waals surface area contributed by atoms with Crippen LogP contribution in [-0.4, -0.2) is 22.4 Å². The van der Waals surface area contributed by atoms with E-state index in [-0.39, 0.29) is 5.91 Å². The van der Waals surface area contributed by atoms with Crippen LogP contribution in [0.5, 0.6) is 5.75 Å². The SMILES string of the molecule is COc1ccc(-c2nc3ccccn3c2NC(C)=O)cc1. The van der Waals surface area contributed by atoms with Gasteiger partial charge in [-0.3, -0.25) is 9.20 Å². The fourth-order valence-electron chi connectivity index (χ4n) is 2.23. The first-order chi connectivity index (χ1) is 10.2. The lowest BCUT2D eigenvalue weighted by atomic mass is 10.1. The Morgan fingerprint density at radius 3 is 2.62 bits per heavy atom. The summed E-state index contributed by atoms with van der Waals surface area (Å²) < 4.78 is 7.03. The molecule has 21 heavy (non-hydrogen) atoms. The highest BCUT2D eigenvalue weighted by atomic mass is 16.5. The number of fused-ring (bicyclic) bond motifs is 1. The first kappa shape index (κ1) is 13.2. The number of hydrogen-bond donors (Lipinski definition) is 1. The average molecular weight is 281 g/mol. The van der Waals surface area contributed by atoms with E-state index in [0.29, 0.717) is 5.82 Å². The van der Waals surface area contributed by atoms with Crippen molar-refractivity contribution in [2.24, 2.45) is 0 Å². The second-order valence-corrected chi connectivity index (χ2v) is 4.65. The molecular formula is C16H15N3O2. The van der Waals surface area contributed by atoms with Gasteiger partial charge in [-0.05, 0) is 36.4 Å². The Morgan fingerprint density at radius 2 is 1.95 bits per heavy atom. The fraction of sp³-hybridized carbons (Fsp3) is 0.125. The highest BCUT2D eigenvalue weighted by molar-refractivity contribution is 5.93. The third-order valence-corrected chi connectivity index (χ3v) is 3.19. The van der Waals surface area contributed by atoms with E-state index in [1.807, 2.05) is 53.1 Å². The van der Waals surface area contributed by atoms with Crippen molar-refractivity contribution >= 4 is 17.4 Å². The number of carbonyl (C=O) groups excluding carboxylic acids is 1. The van der Waals surface area contributed by atoms with Crippen LogP contribution in [0.4, 0.5) is 5.82 Å². The number of nitrogens with zero attached hydrogens (tertiary/aromatic N) is 2. The maximum atomic E-state index is 11.5. The Labute approximate surface area is 122 Å². The van der Waals surface area contributed by atoms with Crippen molar-refractivity contribution in [1.82, 2.24) is 9.38 Å². The number of anilines is 1. The van der Waals surface area contributed by atoms with Crippen molar-refractivity contribution in [3.8, 4) is 17.0 Å². The molecule has 2 aromatic heterocycles. The molecule has 1 aromatic carbocycles. The van der Waals surface area contributed by atoms with Crippen LogP contribution >= 0.6 is 0 Å². The number of aromatic nitrogens is 2. The Morgan fingerprint density at radius 1 is 1.19 bits per heavy atom. The molecule has 0 radical (unpaired) electrons. The first-order valence-corrected chi connectivity index (χ1v) is 6.58. The molecule has 0 saturated carbocycles. The molecule has 0 bridgehead atoms. The van der Waals surface area contributed by atoms with E-state index in [0.717, 1.165) is 22.7 Å². The lowest BCUT2D eigenvalue weighted by Gasteiger charge is -2.06. The molecule has 2 heterocycles. The van der Waals surface area contributed by atoms with Crippen LogP contribution in [0.3, 0.4) is 0 Å². The largest absolute Gasteiger partial charge is 0.497 e. The van der Waals surface area contributed by atoms with Gasteiger partial charge in [0.15, 0.2) is 0 Å². The minimum absolute atomic E-state index is 0.129. The summed E-state index contributed by atoms with van der Waals surface area (Å²) in [5, 5.41) is 2.85. The summed E-state index contributed by atoms with van der Waals surface area (Å²) in [4.78, 5) is 16.1. The van der Waals surface area contributed by atoms with E-state index in [1.54, 1.807) is 7.11 Å². The zero-order valence-corrected chi connectivity index (χ0v) is 11.8. The van der Waals surface area contributed by atoms with Crippen LogP contribution < -0.4 is 10.1 Å². The highest BCUT2D eigenvalue weighted by Crippen LogP contribution is 2.29. The lowest BCUT2D eigenvalue weighted by Crippen LogP contribution is -2.08. The predicted molar refractivity (Wildman–Crippen MR) is 81.5 cm³/mol. The molecule has 0 aliphatic heterocycles. The number of rotatable bonds is 3. The molecule has 5 nitrogen and oxygen atoms in total. The lowest BCUT2D eigenvalue weighted by molar-refractivity contribution is -0.114. The van der Waals surface area contributed by atoms with Gasteiger partial charge in [-0.25, -0.2) is 4.98 Å². The minimum Gasteiger partial charge on any atom is -0.497 e. The van der Waals surface area contributed by atoms with Gasteiger partial charge < -0.3 is 10.1 Å². The van der Waals surface area contributed by atoms with Crippen LogP contribution in [0.25, 0.3) is 16.9 Å². The molecular weight excluding hydrogens is 266 g/mol. The summed E-state index contributed by atoms with van der Waals surface area (Å²) in [5.41, 5.74) is 2.44. The predicted octanol–water partition coefficient (Wildman–Crippen LogP) is 2.97. The Balaban J connectivity index is 2.17. The number of methoxy groups -OCH3 is 1. The van der Waals surface area contributed by atoms with Gasteiger partial charge in [0.05, 0.1) is 7.11 Å². The van der Waals surface area contributed by atoms with Crippen molar-refractivity contribution in [2.75, 3.05) is 12.4 Å². The molecule has 3 aromatic rings. The number of hydrogen-bond acceptors (Lipinski definition) is 3. The van der Waals surface area contributed by atoms with Crippen molar-refractivity contribution in [2.45, 2.75) is 6.92 Å². The van der Waals surface area contributed by atoms with Gasteiger partial charge in [-0.2, -0.15) is 0 Å². The third-order valence-electron chi connectivity index (χ3n) is 3.19. The van der Waals surface area contributed by atoms with Gasteiger partial charge in [-0.1, -0.05) is 6.07 Å². The van der Waals surface area contributed by atoms with Gasteiger partial charge in [0.25, 0.3) is 0 Å². The monoisotopic (exact) mass is 281 g/mol. The second-order valence-electron chi connectivity index (χ2n) is 4.65. The molecule has 1 N–H and O–H groups in total. The zero-order valence-electron chi connectivity index (χ0n) is 11.8. The van der Waals surface area contributed by atoms with Gasteiger partial charge in [0, 0.05) is 18.7 Å². The molecule has 1 amide bonds. The number of benzene rings is 1. The molecule has 0 atom stereocenters. The number of imidazole rings is 1. The van der Waals surface area contributed by atoms with Crippen LogP contribution in [-0.2, 0) is 4.79 Å². The second kappa shape index (κ2) is 5.28. The topological polar surface area (TPSA) is 55.6 Å². The third kappa shape index (κ3) is 2.45. The summed E-state index contributed by atoms with van der Waals surface area (Å²) in [7, 11) is 1.63. The molecule has 0 aliphatic rings. The standard InChI is InChI=1S/C16H15N3O2/c1-11(20)17-16-15(12-6-8-13(21-2)9-7-12)18-14-5-3-4-10-19(14)16/h3-10H,1-2H3,(H,17,20). The number of carbonyl (C=O) groups is 1. The van der Waals surface area contributed by atoms with Crippen LogP contribution in [0.15, 0.2) is 48.7 Å². The summed E-state index contributed by atoms with van der Waals surface area (Å²) in [6.45, 7) is 1.49. The van der Waals surface area contributed by atoms with E-state index < -0.39 is 0 Å². The molecule has 0 fully saturated rings. The van der Waals surface area contributed by atoms with E-state index in [1.165, 1.54) is 6.92 Å². The van der Waals surface area contributed by atoms with Gasteiger partial charge in [-0.15, -0.1) is 0 Å². The minimum atomic E-state index is -0.129. The Hall–Kier alpha value is -2.82. The van der Waals surface area contributed by atoms with Crippen molar-refractivity contribution < 1.29 is 9.53 Å². The Bertz CT molecular complexity index is 791. The zero-order chi connectivity index (χ0) is 14.8. The highest BCUT2D eigenvalue weighted by Gasteiger charge is 2.14. The number of nitrogens with one attached hydrogen (secondary N) is 1. The van der Waals surface area contributed by atoms with Gasteiger partial charge in [0.1, 0.15) is 22.9 Å². The van der Waals surface area contributed by atoms with Crippen molar-refractivity contribution in [3.63, 3.8) is 0 Å². The number of amides is 1. The summed E-state index contributed by atoms with van der Waals surface area (Å²) in [5.74, 6) is 1.32. The van der Waals surface area contributed by atoms with Gasteiger partial charge >= 0.3 is 0 Å². The quantitative estimate of drug-likeness (QED) is 0.803. The molecule has 0 aliphatic carbocycles. The van der Waals surface area contributed by atoms with Crippen molar-refractivity contribution in [1.29, 1.82) is 0 Å². The normalized spacial score (nSPS) is 10.6. The Kier molecular flexibility index (Phi) is 3.31. The average Bonchev–Trinajstić information content (AvgIpc) is 2.86. The van der Waals surface area contributed by atoms with Crippen LogP contribution in [0.2, 0.25) is 0 Å². The smallest absolute Gasteiger partial charge is 0.222 e. The molecule has 0 saturated heterocycles. The number of pyridine rings is 1. The van der Waals surface area contributed by atoms with Crippen LogP contribution in [0.1, 0.15) is 6.92 Å². The van der Waals surface area contributed by atoms with E-state index in [4.69, 9.17) is 4.74 Å². The summed E-state index contributed by atoms with van der Waals surface area (Å²) >= 11 is 0. The first-order valence-electron chi connectivity index (χ1n) is 6.58. The van der Waals surface area contributed by atoms with E-state index >= 15 is 0 Å². The maximum Gasteiger partial charge on any atom is 0.222 e. The molecule has 106 valence electrons. The van der Waals surface area contributed by atoms with E-state index in [9.17, 15) is 4.79 Å². The molecule has 3 rings (SSSR count). The molecule has 0 spiro atoms. The van der Waals surface area contributed by atoms with Crippen molar-refractivity contribution in [3.05, 3.63) is 48.7 Å². The summed E-state index contributed by atoms with van der Waals surface area (Å²) in [6.07, 6.45) is 1.88. The number of ether oxygens (including phenoxy) is 1. The van der Waals surface area contributed by atoms with Gasteiger partial charge in [0.2, 0.25) is 5.91 Å². The molecule has 0 unspecified atom stereocenters. The summed E-state index contributed by atoms with van der Waals surface area (Å²) in [6, 6.07) is 13.3. The fourth-order valence-corrected chi connectivity index (χ4v) is 2.23. The molecule has 5 heteroatoms. The van der Waals surface area contributed by atoms with E-state index in [2.05, 4.69) is 10.3 Å². The maximum absolute atomic E-state index is 11.5. The van der Waals surface area contributed by atoms with Crippen LogP contribution in [0, 0.1) is 0 Å².